The van der Waals surface area contributed by atoms with Crippen LogP contribution in [0.4, 0.5) is 0 Å². The molecule has 18 heavy (non-hydrogen) atoms. The quantitative estimate of drug-likeness (QED) is 0.596. The summed E-state index contributed by atoms with van der Waals surface area (Å²) >= 11 is 0. The standard InChI is InChI=1S/C16H26O2/c1-4-5-6-7-8-9-10-14-11-12-15(17-2)16(13-14)18-3/h11-13H,4-10H2,1-3H3. The van der Waals surface area contributed by atoms with Gasteiger partial charge >= 0.3 is 0 Å². The predicted molar refractivity (Wildman–Crippen MR) is 76.6 cm³/mol. The third-order valence-corrected chi connectivity index (χ3v) is 3.27. The lowest BCUT2D eigenvalue weighted by atomic mass is 10.0. The van der Waals surface area contributed by atoms with Crippen molar-refractivity contribution in [1.29, 1.82) is 0 Å². The molecule has 0 unspecified atom stereocenters. The number of ether oxygens (including phenoxy) is 2. The van der Waals surface area contributed by atoms with Crippen LogP contribution in [0.15, 0.2) is 18.2 Å². The Labute approximate surface area is 111 Å². The monoisotopic (exact) mass is 250 g/mol. The van der Waals surface area contributed by atoms with Crippen LogP contribution >= 0.6 is 0 Å². The highest BCUT2D eigenvalue weighted by atomic mass is 16.5. The van der Waals surface area contributed by atoms with Crippen molar-refractivity contribution in [3.8, 4) is 11.5 Å². The Balaban J connectivity index is 2.34. The van der Waals surface area contributed by atoms with E-state index in [1.165, 1.54) is 44.1 Å². The van der Waals surface area contributed by atoms with E-state index in [1.54, 1.807) is 14.2 Å². The molecular weight excluding hydrogens is 224 g/mol. The van der Waals surface area contributed by atoms with Crippen molar-refractivity contribution in [1.82, 2.24) is 0 Å². The van der Waals surface area contributed by atoms with E-state index < -0.39 is 0 Å². The fourth-order valence-electron chi connectivity index (χ4n) is 2.15. The summed E-state index contributed by atoms with van der Waals surface area (Å²) in [5, 5.41) is 0. The molecule has 0 aliphatic rings. The van der Waals surface area contributed by atoms with Gasteiger partial charge in [0.25, 0.3) is 0 Å². The third-order valence-electron chi connectivity index (χ3n) is 3.27. The van der Waals surface area contributed by atoms with E-state index in [2.05, 4.69) is 19.1 Å². The maximum absolute atomic E-state index is 5.31. The molecular formula is C16H26O2. The van der Waals surface area contributed by atoms with Crippen LogP contribution in [0.2, 0.25) is 0 Å². The molecule has 0 aliphatic carbocycles. The van der Waals surface area contributed by atoms with Crippen LogP contribution < -0.4 is 9.47 Å². The Morgan fingerprint density at radius 3 is 2.17 bits per heavy atom. The van der Waals surface area contributed by atoms with Crippen molar-refractivity contribution in [2.45, 2.75) is 51.9 Å². The second-order valence-electron chi connectivity index (χ2n) is 4.71. The van der Waals surface area contributed by atoms with Gasteiger partial charge in [-0.3, -0.25) is 0 Å². The number of methoxy groups -OCH3 is 2. The summed E-state index contributed by atoms with van der Waals surface area (Å²) in [5.74, 6) is 1.64. The van der Waals surface area contributed by atoms with Gasteiger partial charge in [0.05, 0.1) is 14.2 Å². The molecule has 0 spiro atoms. The lowest BCUT2D eigenvalue weighted by molar-refractivity contribution is 0.354. The normalized spacial score (nSPS) is 10.4. The highest BCUT2D eigenvalue weighted by Gasteiger charge is 2.04. The molecule has 0 heterocycles. The first kappa shape index (κ1) is 14.9. The maximum atomic E-state index is 5.31. The van der Waals surface area contributed by atoms with Crippen LogP contribution in [0.25, 0.3) is 0 Å². The largest absolute Gasteiger partial charge is 0.493 e. The molecule has 1 aromatic rings. The average Bonchev–Trinajstić information content (AvgIpc) is 2.42. The number of hydrogen-bond acceptors (Lipinski definition) is 2. The molecule has 0 saturated carbocycles. The number of rotatable bonds is 9. The fraction of sp³-hybridized carbons (Fsp3) is 0.625. The molecule has 0 amide bonds. The molecule has 0 atom stereocenters. The fourth-order valence-corrected chi connectivity index (χ4v) is 2.15. The SMILES string of the molecule is CCCCCCCCc1ccc(OC)c(OC)c1. The van der Waals surface area contributed by atoms with Crippen LogP contribution in [0.5, 0.6) is 11.5 Å². The lowest BCUT2D eigenvalue weighted by Crippen LogP contribution is -1.93. The first-order valence-electron chi connectivity index (χ1n) is 7.02. The highest BCUT2D eigenvalue weighted by molar-refractivity contribution is 5.42. The summed E-state index contributed by atoms with van der Waals surface area (Å²) in [4.78, 5) is 0. The minimum atomic E-state index is 0.809. The number of hydrogen-bond donors (Lipinski definition) is 0. The van der Waals surface area contributed by atoms with Gasteiger partial charge in [-0.2, -0.15) is 0 Å². The van der Waals surface area contributed by atoms with E-state index >= 15 is 0 Å². The summed E-state index contributed by atoms with van der Waals surface area (Å²) < 4.78 is 10.5. The van der Waals surface area contributed by atoms with Gasteiger partial charge in [0, 0.05) is 0 Å². The van der Waals surface area contributed by atoms with Gasteiger partial charge in [0.1, 0.15) is 0 Å². The smallest absolute Gasteiger partial charge is 0.160 e. The molecule has 1 aromatic carbocycles. The second kappa shape index (κ2) is 8.84. The van der Waals surface area contributed by atoms with Crippen molar-refractivity contribution < 1.29 is 9.47 Å². The molecule has 0 bridgehead atoms. The minimum absolute atomic E-state index is 0.809. The average molecular weight is 250 g/mol. The van der Waals surface area contributed by atoms with Crippen LogP contribution in [-0.2, 0) is 6.42 Å². The Bertz CT molecular complexity index is 334. The van der Waals surface area contributed by atoms with E-state index in [-0.39, 0.29) is 0 Å². The van der Waals surface area contributed by atoms with Gasteiger partial charge in [-0.25, -0.2) is 0 Å². The molecule has 102 valence electrons. The van der Waals surface area contributed by atoms with Crippen molar-refractivity contribution in [3.05, 3.63) is 23.8 Å². The summed E-state index contributed by atoms with van der Waals surface area (Å²) in [7, 11) is 3.36. The van der Waals surface area contributed by atoms with E-state index in [4.69, 9.17) is 9.47 Å². The summed E-state index contributed by atoms with van der Waals surface area (Å²) in [6, 6.07) is 6.21. The van der Waals surface area contributed by atoms with E-state index in [9.17, 15) is 0 Å². The van der Waals surface area contributed by atoms with Gasteiger partial charge < -0.3 is 9.47 Å². The lowest BCUT2D eigenvalue weighted by Gasteiger charge is -2.09. The molecule has 2 heteroatoms. The number of unbranched alkanes of at least 4 members (excludes halogenated alkanes) is 5. The molecule has 0 aliphatic heterocycles. The van der Waals surface area contributed by atoms with Crippen LogP contribution in [0.3, 0.4) is 0 Å². The summed E-state index contributed by atoms with van der Waals surface area (Å²) in [6.45, 7) is 2.25. The molecule has 0 N–H and O–H groups in total. The minimum Gasteiger partial charge on any atom is -0.493 e. The maximum Gasteiger partial charge on any atom is 0.160 e. The number of aryl methyl sites for hydroxylation is 1. The molecule has 0 radical (unpaired) electrons. The summed E-state index contributed by atoms with van der Waals surface area (Å²) in [6.07, 6.45) is 9.15. The Kier molecular flexibility index (Phi) is 7.31. The first-order valence-corrected chi connectivity index (χ1v) is 7.02. The van der Waals surface area contributed by atoms with E-state index in [0.29, 0.717) is 0 Å². The van der Waals surface area contributed by atoms with Gasteiger partial charge in [-0.05, 0) is 30.5 Å². The molecule has 1 rings (SSSR count). The molecule has 0 aromatic heterocycles. The van der Waals surface area contributed by atoms with Gasteiger partial charge in [0.2, 0.25) is 0 Å². The first-order chi connectivity index (χ1) is 8.81. The van der Waals surface area contributed by atoms with E-state index in [0.717, 1.165) is 17.9 Å². The van der Waals surface area contributed by atoms with Gasteiger partial charge in [0.15, 0.2) is 11.5 Å². The van der Waals surface area contributed by atoms with E-state index in [1.807, 2.05) is 6.07 Å². The van der Waals surface area contributed by atoms with Crippen LogP contribution in [-0.4, -0.2) is 14.2 Å². The van der Waals surface area contributed by atoms with Crippen molar-refractivity contribution >= 4 is 0 Å². The predicted octanol–water partition coefficient (Wildman–Crippen LogP) is 4.61. The zero-order valence-corrected chi connectivity index (χ0v) is 12.0. The topological polar surface area (TPSA) is 18.5 Å². The zero-order valence-electron chi connectivity index (χ0n) is 12.0. The second-order valence-corrected chi connectivity index (χ2v) is 4.71. The van der Waals surface area contributed by atoms with Crippen LogP contribution in [0, 0.1) is 0 Å². The highest BCUT2D eigenvalue weighted by Crippen LogP contribution is 2.28. The zero-order chi connectivity index (χ0) is 13.2. The Morgan fingerprint density at radius 1 is 0.833 bits per heavy atom. The van der Waals surface area contributed by atoms with Crippen molar-refractivity contribution in [2.24, 2.45) is 0 Å². The third kappa shape index (κ3) is 4.99. The number of benzene rings is 1. The van der Waals surface area contributed by atoms with Crippen LogP contribution in [0.1, 0.15) is 51.0 Å². The molecule has 0 fully saturated rings. The molecule has 0 saturated heterocycles. The summed E-state index contributed by atoms with van der Waals surface area (Å²) in [5.41, 5.74) is 1.34. The van der Waals surface area contributed by atoms with Gasteiger partial charge in [-0.15, -0.1) is 0 Å². The van der Waals surface area contributed by atoms with Crippen molar-refractivity contribution in [3.63, 3.8) is 0 Å². The Morgan fingerprint density at radius 2 is 1.50 bits per heavy atom. The molecule has 2 nitrogen and oxygen atoms in total. The van der Waals surface area contributed by atoms with Gasteiger partial charge in [-0.1, -0.05) is 45.1 Å². The van der Waals surface area contributed by atoms with Crippen molar-refractivity contribution in [2.75, 3.05) is 14.2 Å². The Hall–Kier alpha value is -1.18.